The van der Waals surface area contributed by atoms with E-state index in [1.165, 1.54) is 11.0 Å². The molecule has 8 nitrogen and oxygen atoms in total. The fourth-order valence-corrected chi connectivity index (χ4v) is 9.18. The zero-order valence-corrected chi connectivity index (χ0v) is 28.8. The summed E-state index contributed by atoms with van der Waals surface area (Å²) in [5, 5.41) is 13.4. The maximum Gasteiger partial charge on any atom is 0.260 e. The van der Waals surface area contributed by atoms with Gasteiger partial charge in [0.2, 0.25) is 11.8 Å². The SMILES string of the molecule is Cc1ccc(NN2C(=O)[C@@H]3C[C@@H]4C(=CC[C@@H]5C(=O)N(c6ccc(C)c(Cl)c6)C(=O)[C@@H]54)[C@H](c4cc(Cl)ccc4O)[C@]3(c3ccccc3)C2=O)cc1. The molecule has 8 rings (SSSR count). The number of allylic oxidation sites excluding steroid dienone is 2. The van der Waals surface area contributed by atoms with Gasteiger partial charge in [0.1, 0.15) is 5.75 Å². The molecule has 3 fully saturated rings. The number of amides is 4. The first-order chi connectivity index (χ1) is 24.0. The number of hydrogen-bond donors (Lipinski definition) is 2. The maximum absolute atomic E-state index is 15.2. The number of benzene rings is 4. The Kier molecular flexibility index (Phi) is 7.66. The topological polar surface area (TPSA) is 107 Å². The summed E-state index contributed by atoms with van der Waals surface area (Å²) in [4.78, 5) is 59.7. The number of carbonyl (C=O) groups is 4. The van der Waals surface area contributed by atoms with Gasteiger partial charge in [-0.25, -0.2) is 4.90 Å². The smallest absolute Gasteiger partial charge is 0.260 e. The Bertz CT molecular complexity index is 2130. The van der Waals surface area contributed by atoms with Crippen molar-refractivity contribution in [2.45, 2.75) is 38.0 Å². The molecule has 4 aromatic rings. The first kappa shape index (κ1) is 32.3. The Labute approximate surface area is 299 Å². The van der Waals surface area contributed by atoms with Crippen molar-refractivity contribution >= 4 is 58.2 Å². The molecule has 2 saturated heterocycles. The van der Waals surface area contributed by atoms with Gasteiger partial charge in [-0.2, -0.15) is 5.01 Å². The van der Waals surface area contributed by atoms with Crippen LogP contribution in [0.3, 0.4) is 0 Å². The van der Waals surface area contributed by atoms with Crippen LogP contribution in [0.4, 0.5) is 11.4 Å². The Hall–Kier alpha value is -4.92. The number of hydrogen-bond acceptors (Lipinski definition) is 6. The zero-order valence-electron chi connectivity index (χ0n) is 27.3. The molecule has 4 aliphatic rings. The molecule has 0 spiro atoms. The highest BCUT2D eigenvalue weighted by Crippen LogP contribution is 2.65. The molecule has 50 heavy (non-hydrogen) atoms. The molecule has 0 radical (unpaired) electrons. The van der Waals surface area contributed by atoms with Crippen LogP contribution in [0, 0.1) is 37.5 Å². The van der Waals surface area contributed by atoms with Gasteiger partial charge in [-0.3, -0.25) is 24.6 Å². The zero-order chi connectivity index (χ0) is 35.1. The first-order valence-corrected chi connectivity index (χ1v) is 17.4. The number of phenols is 1. The average molecular weight is 707 g/mol. The molecule has 0 bridgehead atoms. The number of carbonyl (C=O) groups excluding carboxylic acids is 4. The number of phenolic OH excluding ortho intramolecular Hbond substituents is 1. The quantitative estimate of drug-likeness (QED) is 0.165. The molecule has 0 unspecified atom stereocenters. The van der Waals surface area contributed by atoms with Gasteiger partial charge in [0.25, 0.3) is 11.8 Å². The van der Waals surface area contributed by atoms with Gasteiger partial charge >= 0.3 is 0 Å². The van der Waals surface area contributed by atoms with Crippen LogP contribution in [0.25, 0.3) is 0 Å². The van der Waals surface area contributed by atoms with Crippen molar-refractivity contribution in [3.05, 3.63) is 135 Å². The Morgan fingerprint density at radius 1 is 0.820 bits per heavy atom. The lowest BCUT2D eigenvalue weighted by Gasteiger charge is -2.50. The molecule has 252 valence electrons. The van der Waals surface area contributed by atoms with Crippen molar-refractivity contribution in [3.63, 3.8) is 0 Å². The van der Waals surface area contributed by atoms with E-state index in [0.29, 0.717) is 32.5 Å². The van der Waals surface area contributed by atoms with E-state index in [4.69, 9.17) is 23.2 Å². The average Bonchev–Trinajstić information content (AvgIpc) is 3.49. The van der Waals surface area contributed by atoms with Gasteiger partial charge in [0.15, 0.2) is 0 Å². The number of anilines is 2. The Morgan fingerprint density at radius 3 is 2.28 bits per heavy atom. The van der Waals surface area contributed by atoms with Crippen molar-refractivity contribution in [2.24, 2.45) is 23.7 Å². The third-order valence-electron chi connectivity index (χ3n) is 11.1. The number of halogens is 2. The summed E-state index contributed by atoms with van der Waals surface area (Å²) < 4.78 is 0. The highest BCUT2D eigenvalue weighted by Gasteiger charge is 2.70. The summed E-state index contributed by atoms with van der Waals surface area (Å²) in [6.45, 7) is 3.79. The minimum absolute atomic E-state index is 0.0907. The third kappa shape index (κ3) is 4.65. The van der Waals surface area contributed by atoms with E-state index in [-0.39, 0.29) is 30.4 Å². The van der Waals surface area contributed by atoms with Gasteiger partial charge in [-0.15, -0.1) is 0 Å². The molecule has 6 atom stereocenters. The normalized spacial score (nSPS) is 27.2. The largest absolute Gasteiger partial charge is 0.508 e. The lowest BCUT2D eigenvalue weighted by Crippen LogP contribution is -2.53. The number of nitrogens with one attached hydrogen (secondary N) is 1. The number of aromatic hydroxyl groups is 1. The van der Waals surface area contributed by atoms with E-state index in [1.807, 2.05) is 62.4 Å². The van der Waals surface area contributed by atoms with Crippen LogP contribution >= 0.6 is 23.2 Å². The predicted molar refractivity (Wildman–Crippen MR) is 191 cm³/mol. The van der Waals surface area contributed by atoms with Crippen LogP contribution < -0.4 is 10.3 Å². The molecule has 1 saturated carbocycles. The van der Waals surface area contributed by atoms with Crippen LogP contribution in [-0.4, -0.2) is 33.7 Å². The Morgan fingerprint density at radius 2 is 1.56 bits per heavy atom. The van der Waals surface area contributed by atoms with E-state index in [0.717, 1.165) is 21.7 Å². The molecule has 0 aromatic heterocycles. The van der Waals surface area contributed by atoms with Gasteiger partial charge in [-0.05, 0) is 86.2 Å². The number of imide groups is 2. The minimum Gasteiger partial charge on any atom is -0.508 e. The molecule has 2 N–H and O–H groups in total. The van der Waals surface area contributed by atoms with Crippen molar-refractivity contribution in [1.82, 2.24) is 5.01 Å². The Balaban J connectivity index is 1.32. The first-order valence-electron chi connectivity index (χ1n) is 16.6. The number of nitrogens with zero attached hydrogens (tertiary/aromatic N) is 2. The molecule has 4 aromatic carbocycles. The number of fused-ring (bicyclic) bond motifs is 4. The fraction of sp³-hybridized carbons (Fsp3) is 0.250. The highest BCUT2D eigenvalue weighted by atomic mass is 35.5. The van der Waals surface area contributed by atoms with Crippen molar-refractivity contribution < 1.29 is 24.3 Å². The molecular weight excluding hydrogens is 673 g/mol. The second-order valence-corrected chi connectivity index (χ2v) is 14.6. The molecular formula is C40H33Cl2N3O5. The van der Waals surface area contributed by atoms with Gasteiger partial charge in [-0.1, -0.05) is 88.9 Å². The second-order valence-electron chi connectivity index (χ2n) is 13.7. The van der Waals surface area contributed by atoms with Gasteiger partial charge in [0.05, 0.1) is 34.5 Å². The van der Waals surface area contributed by atoms with Crippen LogP contribution in [0.15, 0.2) is 103 Å². The van der Waals surface area contributed by atoms with Gasteiger partial charge < -0.3 is 5.11 Å². The van der Waals surface area contributed by atoms with Crippen molar-refractivity contribution in [2.75, 3.05) is 10.3 Å². The summed E-state index contributed by atoms with van der Waals surface area (Å²) in [5.74, 6) is -5.60. The standard InChI is InChI=1S/C40H33Cl2N3O5/c1-21-8-12-25(13-9-21)43-45-37(48)31-20-29-27(15-16-28-34(29)38(49)44(36(28)47)26-14-10-22(2)32(42)19-26)35(30-18-24(41)11-17-33(30)46)40(31,39(45)50)23-6-4-3-5-7-23/h3-15,17-19,28-29,31,34-35,43,46H,16,20H2,1-2H3/t28-,29+,31-,34-,35+,40+/m0/s1. The van der Waals surface area contributed by atoms with Crippen LogP contribution in [0.1, 0.15) is 41.0 Å². The monoisotopic (exact) mass is 705 g/mol. The van der Waals surface area contributed by atoms with E-state index in [9.17, 15) is 19.5 Å². The molecule has 4 amide bonds. The van der Waals surface area contributed by atoms with E-state index in [2.05, 4.69) is 5.43 Å². The fourth-order valence-electron chi connectivity index (χ4n) is 8.82. The van der Waals surface area contributed by atoms with Crippen molar-refractivity contribution in [3.8, 4) is 5.75 Å². The summed E-state index contributed by atoms with van der Waals surface area (Å²) in [7, 11) is 0. The number of rotatable bonds is 5. The molecule has 2 aliphatic heterocycles. The molecule has 2 aliphatic carbocycles. The van der Waals surface area contributed by atoms with E-state index in [1.54, 1.807) is 42.5 Å². The van der Waals surface area contributed by atoms with Gasteiger partial charge in [0, 0.05) is 21.5 Å². The van der Waals surface area contributed by atoms with Crippen LogP contribution in [-0.2, 0) is 24.6 Å². The summed E-state index contributed by atoms with van der Waals surface area (Å²) >= 11 is 13.0. The van der Waals surface area contributed by atoms with Crippen LogP contribution in [0.5, 0.6) is 5.75 Å². The second kappa shape index (κ2) is 11.9. The van der Waals surface area contributed by atoms with E-state index >= 15 is 4.79 Å². The minimum atomic E-state index is -1.51. The number of hydrazine groups is 1. The highest BCUT2D eigenvalue weighted by molar-refractivity contribution is 6.32. The third-order valence-corrected chi connectivity index (χ3v) is 11.7. The van der Waals surface area contributed by atoms with Crippen LogP contribution in [0.2, 0.25) is 10.0 Å². The van der Waals surface area contributed by atoms with E-state index < -0.39 is 46.8 Å². The number of aryl methyl sites for hydroxylation is 2. The lowest BCUT2D eigenvalue weighted by molar-refractivity contribution is -0.138. The molecule has 10 heteroatoms. The van der Waals surface area contributed by atoms with Crippen molar-refractivity contribution in [1.29, 1.82) is 0 Å². The summed E-state index contributed by atoms with van der Waals surface area (Å²) in [6, 6.07) is 26.3. The summed E-state index contributed by atoms with van der Waals surface area (Å²) in [5.41, 5.74) is 6.06. The lowest BCUT2D eigenvalue weighted by atomic mass is 9.49. The predicted octanol–water partition coefficient (Wildman–Crippen LogP) is 7.51. The molecule has 2 heterocycles. The summed E-state index contributed by atoms with van der Waals surface area (Å²) in [6.07, 6.45) is 2.33. The maximum atomic E-state index is 15.2.